The van der Waals surface area contributed by atoms with Crippen molar-refractivity contribution in [3.63, 3.8) is 0 Å². The molecule has 0 spiro atoms. The summed E-state index contributed by atoms with van der Waals surface area (Å²) in [5.41, 5.74) is 0.841. The zero-order valence-corrected chi connectivity index (χ0v) is 15.9. The minimum Gasteiger partial charge on any atom is -0.497 e. The van der Waals surface area contributed by atoms with Crippen molar-refractivity contribution in [3.8, 4) is 22.8 Å². The second-order valence-corrected chi connectivity index (χ2v) is 6.88. The standard InChI is InChI=1S/C20H22F2N4O2/c1-3-28-19-17(16-14(21)9-13(27-2)10-15(16)22)18(12-7-5-4-6-8-12)26-20(25-19)23-11-24-26/h9-12H,3-8H2,1-2H3. The highest BCUT2D eigenvalue weighted by molar-refractivity contribution is 5.75. The highest BCUT2D eigenvalue weighted by Gasteiger charge is 2.30. The monoisotopic (exact) mass is 388 g/mol. The molecular formula is C20H22F2N4O2. The SMILES string of the molecule is CCOc1nc2ncnn2c(C2CCCCC2)c1-c1c(F)cc(OC)cc1F. The summed E-state index contributed by atoms with van der Waals surface area (Å²) in [7, 11) is 1.37. The Kier molecular flexibility index (Phi) is 5.11. The summed E-state index contributed by atoms with van der Waals surface area (Å²) in [6, 6.07) is 2.34. The van der Waals surface area contributed by atoms with E-state index in [9.17, 15) is 0 Å². The molecule has 1 fully saturated rings. The van der Waals surface area contributed by atoms with Crippen molar-refractivity contribution in [1.82, 2.24) is 19.6 Å². The van der Waals surface area contributed by atoms with E-state index in [1.807, 2.05) is 0 Å². The summed E-state index contributed by atoms with van der Waals surface area (Å²) in [6.45, 7) is 2.12. The van der Waals surface area contributed by atoms with Crippen molar-refractivity contribution >= 4 is 5.78 Å². The van der Waals surface area contributed by atoms with Gasteiger partial charge in [0.2, 0.25) is 5.88 Å². The molecule has 2 aromatic heterocycles. The fourth-order valence-corrected chi connectivity index (χ4v) is 3.98. The summed E-state index contributed by atoms with van der Waals surface area (Å²) >= 11 is 0. The lowest BCUT2D eigenvalue weighted by Gasteiger charge is -2.26. The Bertz CT molecular complexity index is 976. The van der Waals surface area contributed by atoms with E-state index >= 15 is 8.78 Å². The van der Waals surface area contributed by atoms with Crippen molar-refractivity contribution in [2.24, 2.45) is 0 Å². The first-order valence-electron chi connectivity index (χ1n) is 9.53. The number of nitrogens with zero attached hydrogens (tertiary/aromatic N) is 4. The van der Waals surface area contributed by atoms with Crippen molar-refractivity contribution < 1.29 is 18.3 Å². The highest BCUT2D eigenvalue weighted by Crippen LogP contribution is 2.44. The molecule has 0 unspecified atom stereocenters. The molecule has 0 saturated heterocycles. The predicted molar refractivity (Wildman–Crippen MR) is 99.7 cm³/mol. The Morgan fingerprint density at radius 3 is 2.46 bits per heavy atom. The number of hydrogen-bond donors (Lipinski definition) is 0. The number of benzene rings is 1. The maximum atomic E-state index is 15.0. The number of ether oxygens (including phenoxy) is 2. The molecule has 1 aromatic carbocycles. The van der Waals surface area contributed by atoms with E-state index in [0.29, 0.717) is 23.6 Å². The Morgan fingerprint density at radius 1 is 1.11 bits per heavy atom. The Morgan fingerprint density at radius 2 is 1.82 bits per heavy atom. The van der Waals surface area contributed by atoms with Gasteiger partial charge >= 0.3 is 0 Å². The van der Waals surface area contributed by atoms with Gasteiger partial charge in [0.15, 0.2) is 0 Å². The summed E-state index contributed by atoms with van der Waals surface area (Å²) < 4.78 is 42.4. The quantitative estimate of drug-likeness (QED) is 0.643. The molecule has 1 saturated carbocycles. The highest BCUT2D eigenvalue weighted by atomic mass is 19.1. The summed E-state index contributed by atoms with van der Waals surface area (Å²) in [6.07, 6.45) is 6.49. The number of rotatable bonds is 5. The largest absolute Gasteiger partial charge is 0.497 e. The Labute approximate surface area is 161 Å². The van der Waals surface area contributed by atoms with E-state index in [2.05, 4.69) is 15.1 Å². The van der Waals surface area contributed by atoms with Gasteiger partial charge in [0.25, 0.3) is 5.78 Å². The third kappa shape index (κ3) is 3.16. The van der Waals surface area contributed by atoms with Gasteiger partial charge in [-0.3, -0.25) is 0 Å². The van der Waals surface area contributed by atoms with Crippen LogP contribution in [0.1, 0.15) is 50.6 Å². The van der Waals surface area contributed by atoms with Gasteiger partial charge in [-0.15, -0.1) is 0 Å². The summed E-state index contributed by atoms with van der Waals surface area (Å²) in [5, 5.41) is 4.29. The fraction of sp³-hybridized carbons (Fsp3) is 0.450. The molecule has 2 heterocycles. The average Bonchev–Trinajstić information content (AvgIpc) is 3.16. The zero-order valence-electron chi connectivity index (χ0n) is 15.9. The molecule has 0 aliphatic heterocycles. The van der Waals surface area contributed by atoms with Gasteiger partial charge in [-0.25, -0.2) is 13.3 Å². The smallest absolute Gasteiger partial charge is 0.255 e. The molecule has 3 aromatic rings. The molecule has 148 valence electrons. The lowest BCUT2D eigenvalue weighted by molar-refractivity contribution is 0.326. The average molecular weight is 388 g/mol. The van der Waals surface area contributed by atoms with Gasteiger partial charge < -0.3 is 9.47 Å². The lowest BCUT2D eigenvalue weighted by Crippen LogP contribution is -2.15. The molecule has 0 N–H and O–H groups in total. The van der Waals surface area contributed by atoms with E-state index in [1.54, 1.807) is 11.4 Å². The van der Waals surface area contributed by atoms with Crippen LogP contribution in [-0.4, -0.2) is 33.3 Å². The van der Waals surface area contributed by atoms with E-state index in [-0.39, 0.29) is 23.1 Å². The fourth-order valence-electron chi connectivity index (χ4n) is 3.98. The van der Waals surface area contributed by atoms with Gasteiger partial charge in [0, 0.05) is 18.1 Å². The van der Waals surface area contributed by atoms with E-state index in [0.717, 1.165) is 32.1 Å². The molecule has 28 heavy (non-hydrogen) atoms. The second kappa shape index (κ2) is 7.69. The lowest BCUT2D eigenvalue weighted by atomic mass is 9.83. The van der Waals surface area contributed by atoms with Crippen LogP contribution in [0.2, 0.25) is 0 Å². The van der Waals surface area contributed by atoms with Gasteiger partial charge in [0.05, 0.1) is 30.5 Å². The van der Waals surface area contributed by atoms with Crippen LogP contribution >= 0.6 is 0 Å². The van der Waals surface area contributed by atoms with Crippen LogP contribution < -0.4 is 9.47 Å². The first-order chi connectivity index (χ1) is 13.6. The van der Waals surface area contributed by atoms with E-state index < -0.39 is 11.6 Å². The molecule has 1 aliphatic carbocycles. The summed E-state index contributed by atoms with van der Waals surface area (Å²) in [4.78, 5) is 8.56. The van der Waals surface area contributed by atoms with Gasteiger partial charge in [-0.1, -0.05) is 19.3 Å². The number of hydrogen-bond acceptors (Lipinski definition) is 5. The minimum atomic E-state index is -0.726. The molecule has 6 nitrogen and oxygen atoms in total. The minimum absolute atomic E-state index is 0.0936. The first-order valence-corrected chi connectivity index (χ1v) is 9.53. The van der Waals surface area contributed by atoms with E-state index in [1.165, 1.54) is 25.6 Å². The van der Waals surface area contributed by atoms with Gasteiger partial charge in [-0.2, -0.15) is 15.1 Å². The third-order valence-corrected chi connectivity index (χ3v) is 5.20. The van der Waals surface area contributed by atoms with Crippen LogP contribution in [0.15, 0.2) is 18.5 Å². The zero-order chi connectivity index (χ0) is 19.7. The number of fused-ring (bicyclic) bond motifs is 1. The molecule has 1 aliphatic rings. The van der Waals surface area contributed by atoms with Crippen LogP contribution in [0, 0.1) is 11.6 Å². The van der Waals surface area contributed by atoms with Crippen molar-refractivity contribution in [2.45, 2.75) is 44.9 Å². The third-order valence-electron chi connectivity index (χ3n) is 5.20. The maximum Gasteiger partial charge on any atom is 0.255 e. The van der Waals surface area contributed by atoms with E-state index in [4.69, 9.17) is 9.47 Å². The predicted octanol–water partition coefficient (Wildman–Crippen LogP) is 4.52. The molecule has 0 radical (unpaired) electrons. The molecule has 0 bridgehead atoms. The van der Waals surface area contributed by atoms with Crippen LogP contribution in [0.3, 0.4) is 0 Å². The van der Waals surface area contributed by atoms with Crippen molar-refractivity contribution in [1.29, 1.82) is 0 Å². The maximum absolute atomic E-state index is 15.0. The number of methoxy groups -OCH3 is 1. The second-order valence-electron chi connectivity index (χ2n) is 6.88. The number of aromatic nitrogens is 4. The van der Waals surface area contributed by atoms with Gasteiger partial charge in [-0.05, 0) is 19.8 Å². The molecule has 0 atom stereocenters. The number of halogens is 2. The molecule has 4 rings (SSSR count). The van der Waals surface area contributed by atoms with Crippen LogP contribution in [0.4, 0.5) is 8.78 Å². The van der Waals surface area contributed by atoms with Crippen LogP contribution in [0.5, 0.6) is 11.6 Å². The van der Waals surface area contributed by atoms with Crippen LogP contribution in [0.25, 0.3) is 16.9 Å². The topological polar surface area (TPSA) is 61.5 Å². The Hall–Kier alpha value is -2.77. The van der Waals surface area contributed by atoms with Crippen molar-refractivity contribution in [3.05, 3.63) is 35.8 Å². The molecule has 0 amide bonds. The normalized spacial score (nSPS) is 15.1. The van der Waals surface area contributed by atoms with Gasteiger partial charge in [0.1, 0.15) is 23.7 Å². The molecule has 8 heteroatoms. The van der Waals surface area contributed by atoms with Crippen LogP contribution in [-0.2, 0) is 0 Å². The molecular weight excluding hydrogens is 366 g/mol. The Balaban J connectivity index is 2.04. The summed E-state index contributed by atoms with van der Waals surface area (Å²) in [5.74, 6) is -0.706. The van der Waals surface area contributed by atoms with Crippen molar-refractivity contribution in [2.75, 3.05) is 13.7 Å². The first kappa shape index (κ1) is 18.6.